The summed E-state index contributed by atoms with van der Waals surface area (Å²) in [5.41, 5.74) is 3.46. The maximum Gasteiger partial charge on any atom is 0.408 e. The third-order valence-electron chi connectivity index (χ3n) is 6.59. The Morgan fingerprint density at radius 3 is 2.25 bits per heavy atom. The lowest BCUT2D eigenvalue weighted by atomic mass is 9.98. The fourth-order valence-corrected chi connectivity index (χ4v) is 5.90. The van der Waals surface area contributed by atoms with Crippen LogP contribution < -0.4 is 5.32 Å². The highest BCUT2D eigenvalue weighted by Gasteiger charge is 2.57. The topological polar surface area (TPSA) is 95.9 Å². The Kier molecular flexibility index (Phi) is 5.12. The third-order valence-corrected chi connectivity index (χ3v) is 7.80. The first-order chi connectivity index (χ1) is 15.4. The van der Waals surface area contributed by atoms with Gasteiger partial charge in [0.2, 0.25) is 5.91 Å². The normalized spacial score (nSPS) is 22.7. The number of carbonyl (C=O) groups excluding carboxylic acids is 2. The van der Waals surface area contributed by atoms with Crippen molar-refractivity contribution in [1.82, 2.24) is 10.2 Å². The number of fused-ring (bicyclic) bond motifs is 3. The van der Waals surface area contributed by atoms with Gasteiger partial charge in [-0.15, -0.1) is 11.8 Å². The lowest BCUT2D eigenvalue weighted by Crippen LogP contribution is -2.55. The number of benzene rings is 2. The number of aliphatic carboxylic acids is 1. The number of hydrogen-bond acceptors (Lipinski definition) is 5. The second-order valence-electron chi connectivity index (χ2n) is 8.53. The number of nitrogens with one attached hydrogen (secondary N) is 1. The van der Waals surface area contributed by atoms with Crippen molar-refractivity contribution >= 4 is 29.7 Å². The van der Waals surface area contributed by atoms with Gasteiger partial charge in [0.25, 0.3) is 0 Å². The van der Waals surface area contributed by atoms with Crippen molar-refractivity contribution in [2.45, 2.75) is 42.6 Å². The predicted octanol–water partition coefficient (Wildman–Crippen LogP) is 3.43. The SMILES string of the molecule is CC1SCC(C(=O)O)N1C(=O)C1(NC(=O)OCC2c3ccccc3-c3ccccc32)CC1. The van der Waals surface area contributed by atoms with Gasteiger partial charge in [-0.2, -0.15) is 0 Å². The quantitative estimate of drug-likeness (QED) is 0.722. The van der Waals surface area contributed by atoms with E-state index >= 15 is 0 Å². The molecule has 0 spiro atoms. The molecule has 3 aliphatic rings. The van der Waals surface area contributed by atoms with E-state index in [0.29, 0.717) is 18.6 Å². The molecule has 2 amide bonds. The number of alkyl carbamates (subject to hydrolysis) is 1. The van der Waals surface area contributed by atoms with Gasteiger partial charge in [-0.1, -0.05) is 48.5 Å². The Morgan fingerprint density at radius 2 is 1.69 bits per heavy atom. The van der Waals surface area contributed by atoms with Crippen molar-refractivity contribution < 1.29 is 24.2 Å². The van der Waals surface area contributed by atoms with Crippen LogP contribution in [0.1, 0.15) is 36.8 Å². The monoisotopic (exact) mass is 452 g/mol. The molecule has 2 aliphatic carbocycles. The first-order valence-corrected chi connectivity index (χ1v) is 11.8. The van der Waals surface area contributed by atoms with Gasteiger partial charge in [0.15, 0.2) is 0 Å². The van der Waals surface area contributed by atoms with Crippen LogP contribution in [0.2, 0.25) is 0 Å². The van der Waals surface area contributed by atoms with Gasteiger partial charge >= 0.3 is 12.1 Å². The molecular weight excluding hydrogens is 428 g/mol. The number of carboxylic acids is 1. The second-order valence-corrected chi connectivity index (χ2v) is 9.88. The molecular formula is C24H24N2O5S. The largest absolute Gasteiger partial charge is 0.480 e. The third kappa shape index (κ3) is 3.43. The van der Waals surface area contributed by atoms with E-state index in [1.165, 1.54) is 16.7 Å². The van der Waals surface area contributed by atoms with Gasteiger partial charge < -0.3 is 20.1 Å². The van der Waals surface area contributed by atoms with E-state index in [1.807, 2.05) is 43.3 Å². The second kappa shape index (κ2) is 7.85. The van der Waals surface area contributed by atoms with Crippen molar-refractivity contribution in [3.8, 4) is 11.1 Å². The molecule has 166 valence electrons. The molecule has 2 aromatic carbocycles. The number of carboxylic acid groups (broad SMARTS) is 1. The summed E-state index contributed by atoms with van der Waals surface area (Å²) in [6, 6.07) is 15.3. The van der Waals surface area contributed by atoms with Crippen LogP contribution in [0.5, 0.6) is 0 Å². The van der Waals surface area contributed by atoms with E-state index in [1.54, 1.807) is 0 Å². The van der Waals surface area contributed by atoms with Crippen LogP contribution in [-0.2, 0) is 14.3 Å². The summed E-state index contributed by atoms with van der Waals surface area (Å²) in [4.78, 5) is 38.8. The zero-order chi connectivity index (χ0) is 22.5. The van der Waals surface area contributed by atoms with Crippen molar-refractivity contribution in [2.75, 3.05) is 12.4 Å². The summed E-state index contributed by atoms with van der Waals surface area (Å²) in [5, 5.41) is 12.0. The number of hydrogen-bond donors (Lipinski definition) is 2. The molecule has 32 heavy (non-hydrogen) atoms. The predicted molar refractivity (Wildman–Crippen MR) is 120 cm³/mol. The maximum atomic E-state index is 13.2. The minimum atomic E-state index is -1.06. The first-order valence-electron chi connectivity index (χ1n) is 10.7. The smallest absolute Gasteiger partial charge is 0.408 e. The fourth-order valence-electron chi connectivity index (χ4n) is 4.74. The molecule has 8 heteroatoms. The molecule has 1 saturated heterocycles. The molecule has 2 fully saturated rings. The van der Waals surface area contributed by atoms with Crippen LogP contribution in [-0.4, -0.2) is 57.3 Å². The summed E-state index contributed by atoms with van der Waals surface area (Å²) in [6.45, 7) is 1.98. The molecule has 1 heterocycles. The fraction of sp³-hybridized carbons (Fsp3) is 0.375. The molecule has 2 aromatic rings. The Bertz CT molecular complexity index is 1050. The Balaban J connectivity index is 1.27. The zero-order valence-corrected chi connectivity index (χ0v) is 18.4. The van der Waals surface area contributed by atoms with E-state index < -0.39 is 23.6 Å². The molecule has 1 saturated carbocycles. The first kappa shape index (κ1) is 20.9. The Labute approximate surface area is 190 Å². The molecule has 0 bridgehead atoms. The van der Waals surface area contributed by atoms with E-state index in [2.05, 4.69) is 17.4 Å². The van der Waals surface area contributed by atoms with Crippen LogP contribution in [0.25, 0.3) is 11.1 Å². The zero-order valence-electron chi connectivity index (χ0n) is 17.6. The molecule has 1 aliphatic heterocycles. The summed E-state index contributed by atoms with van der Waals surface area (Å²) < 4.78 is 5.59. The summed E-state index contributed by atoms with van der Waals surface area (Å²) in [7, 11) is 0. The van der Waals surface area contributed by atoms with Crippen molar-refractivity contribution in [2.24, 2.45) is 0 Å². The van der Waals surface area contributed by atoms with Gasteiger partial charge in [-0.05, 0) is 42.0 Å². The minimum absolute atomic E-state index is 0.0644. The molecule has 7 nitrogen and oxygen atoms in total. The van der Waals surface area contributed by atoms with Gasteiger partial charge in [0.1, 0.15) is 18.2 Å². The summed E-state index contributed by atoms with van der Waals surface area (Å²) in [6.07, 6.45) is 0.316. The van der Waals surface area contributed by atoms with E-state index in [0.717, 1.165) is 22.3 Å². The molecule has 0 aromatic heterocycles. The van der Waals surface area contributed by atoms with Crippen molar-refractivity contribution in [3.63, 3.8) is 0 Å². The number of carbonyl (C=O) groups is 3. The molecule has 5 rings (SSSR count). The number of nitrogens with zero attached hydrogens (tertiary/aromatic N) is 1. The molecule has 2 atom stereocenters. The maximum absolute atomic E-state index is 13.2. The average molecular weight is 453 g/mol. The van der Waals surface area contributed by atoms with Crippen LogP contribution in [0.15, 0.2) is 48.5 Å². The van der Waals surface area contributed by atoms with Crippen molar-refractivity contribution in [3.05, 3.63) is 59.7 Å². The number of amides is 2. The Morgan fingerprint density at radius 1 is 1.09 bits per heavy atom. The van der Waals surface area contributed by atoms with Crippen LogP contribution in [0, 0.1) is 0 Å². The van der Waals surface area contributed by atoms with E-state index in [-0.39, 0.29) is 23.8 Å². The van der Waals surface area contributed by atoms with Gasteiger partial charge in [0.05, 0.1) is 5.37 Å². The highest BCUT2D eigenvalue weighted by Crippen LogP contribution is 2.45. The summed E-state index contributed by atoms with van der Waals surface area (Å²) >= 11 is 1.43. The molecule has 2 N–H and O–H groups in total. The minimum Gasteiger partial charge on any atom is -0.480 e. The van der Waals surface area contributed by atoms with Crippen LogP contribution in [0.3, 0.4) is 0 Å². The lowest BCUT2D eigenvalue weighted by molar-refractivity contribution is -0.150. The highest BCUT2D eigenvalue weighted by atomic mass is 32.2. The summed E-state index contributed by atoms with van der Waals surface area (Å²) in [5.74, 6) is -1.07. The number of rotatable bonds is 5. The number of thioether (sulfide) groups is 1. The van der Waals surface area contributed by atoms with E-state index in [9.17, 15) is 19.5 Å². The van der Waals surface area contributed by atoms with E-state index in [4.69, 9.17) is 4.74 Å². The average Bonchev–Trinajstić information content (AvgIpc) is 3.35. The molecule has 2 unspecified atom stereocenters. The standard InChI is InChI=1S/C24H24N2O5S/c1-14-26(20(13-32-14)21(27)28)22(29)24(10-11-24)25-23(30)31-12-19-17-8-4-2-6-15(17)16-7-3-5-9-18(16)19/h2-9,14,19-20H,10-13H2,1H3,(H,25,30)(H,27,28). The number of ether oxygens (including phenoxy) is 1. The Hall–Kier alpha value is -3.00. The van der Waals surface area contributed by atoms with Crippen LogP contribution in [0.4, 0.5) is 4.79 Å². The van der Waals surface area contributed by atoms with Crippen LogP contribution >= 0.6 is 11.8 Å². The van der Waals surface area contributed by atoms with Gasteiger partial charge in [0, 0.05) is 11.7 Å². The molecule has 0 radical (unpaired) electrons. The van der Waals surface area contributed by atoms with Crippen molar-refractivity contribution in [1.29, 1.82) is 0 Å². The lowest BCUT2D eigenvalue weighted by Gasteiger charge is -2.29. The van der Waals surface area contributed by atoms with Gasteiger partial charge in [-0.3, -0.25) is 4.79 Å². The highest BCUT2D eigenvalue weighted by molar-refractivity contribution is 8.00. The van der Waals surface area contributed by atoms with Gasteiger partial charge in [-0.25, -0.2) is 9.59 Å².